The zero-order valence-corrected chi connectivity index (χ0v) is 19.6. The maximum atomic E-state index is 13.1. The Morgan fingerprint density at radius 3 is 2.50 bits per heavy atom. The van der Waals surface area contributed by atoms with Crippen molar-refractivity contribution in [1.29, 1.82) is 0 Å². The molecule has 0 bridgehead atoms. The summed E-state index contributed by atoms with van der Waals surface area (Å²) in [7, 11) is 3.70. The van der Waals surface area contributed by atoms with Crippen LogP contribution in [0.1, 0.15) is 36.9 Å². The fraction of sp³-hybridized carbons (Fsp3) is 0.360. The van der Waals surface area contributed by atoms with Crippen molar-refractivity contribution in [2.45, 2.75) is 25.8 Å². The van der Waals surface area contributed by atoms with E-state index in [0.29, 0.717) is 30.0 Å². The molecule has 1 aliphatic heterocycles. The van der Waals surface area contributed by atoms with Crippen molar-refractivity contribution < 1.29 is 24.4 Å². The number of non-ortho nitro benzene ring substituents is 1. The Morgan fingerprint density at radius 2 is 1.88 bits per heavy atom. The number of aliphatic hydroxyl groups excluding tert-OH is 1. The molecule has 1 atom stereocenters. The number of aliphatic hydroxyl groups is 1. The lowest BCUT2D eigenvalue weighted by Gasteiger charge is -2.26. The summed E-state index contributed by atoms with van der Waals surface area (Å²) in [5.41, 5.74) is 0.696. The van der Waals surface area contributed by atoms with Gasteiger partial charge in [-0.3, -0.25) is 19.7 Å². The number of carbonyl (C=O) groups excluding carboxylic acids is 2. The topological polar surface area (TPSA) is 113 Å². The first kappa shape index (κ1) is 24.9. The number of carbonyl (C=O) groups is 2. The van der Waals surface area contributed by atoms with Gasteiger partial charge in [0, 0.05) is 30.8 Å². The van der Waals surface area contributed by atoms with Crippen LogP contribution >= 0.6 is 0 Å². The molecule has 1 unspecified atom stereocenters. The second kappa shape index (κ2) is 10.9. The van der Waals surface area contributed by atoms with Crippen LogP contribution < -0.4 is 4.74 Å². The van der Waals surface area contributed by atoms with Crippen LogP contribution in [0.5, 0.6) is 5.75 Å². The van der Waals surface area contributed by atoms with Crippen LogP contribution in [0.15, 0.2) is 54.1 Å². The standard InChI is InChI=1S/C25H29N3O6/c1-4-5-15-34-20-8-6-7-18(16-20)23(29)21-22(17-9-11-19(12-10-17)28(32)33)27(14-13-26(2)3)25(31)24(21)30/h6-12,16,22,29H,4-5,13-15H2,1-3H3. The van der Waals surface area contributed by atoms with Crippen LogP contribution in [0.2, 0.25) is 0 Å². The molecule has 1 saturated heterocycles. The first-order valence-corrected chi connectivity index (χ1v) is 11.1. The second-order valence-corrected chi connectivity index (χ2v) is 8.37. The van der Waals surface area contributed by atoms with Gasteiger partial charge in [0.15, 0.2) is 0 Å². The van der Waals surface area contributed by atoms with Gasteiger partial charge in [0.1, 0.15) is 11.5 Å². The first-order valence-electron chi connectivity index (χ1n) is 11.1. The highest BCUT2D eigenvalue weighted by Crippen LogP contribution is 2.40. The number of amides is 1. The molecule has 0 spiro atoms. The van der Waals surface area contributed by atoms with Crippen molar-refractivity contribution in [1.82, 2.24) is 9.80 Å². The minimum absolute atomic E-state index is 0.0525. The average molecular weight is 468 g/mol. The van der Waals surface area contributed by atoms with Crippen molar-refractivity contribution in [3.8, 4) is 5.75 Å². The number of Topliss-reactive ketones (excluding diaryl/α,β-unsaturated/α-hetero) is 1. The van der Waals surface area contributed by atoms with Crippen molar-refractivity contribution in [3.05, 3.63) is 75.3 Å². The summed E-state index contributed by atoms with van der Waals surface area (Å²) in [5, 5.41) is 22.3. The molecule has 2 aromatic rings. The van der Waals surface area contributed by atoms with E-state index in [9.17, 15) is 24.8 Å². The summed E-state index contributed by atoms with van der Waals surface area (Å²) >= 11 is 0. The number of ether oxygens (including phenoxy) is 1. The average Bonchev–Trinajstić information content (AvgIpc) is 3.07. The van der Waals surface area contributed by atoms with Gasteiger partial charge in [-0.25, -0.2) is 0 Å². The van der Waals surface area contributed by atoms with E-state index in [1.807, 2.05) is 19.0 Å². The van der Waals surface area contributed by atoms with Gasteiger partial charge in [-0.05, 0) is 50.3 Å². The molecule has 34 heavy (non-hydrogen) atoms. The molecule has 1 fully saturated rings. The quantitative estimate of drug-likeness (QED) is 0.141. The van der Waals surface area contributed by atoms with E-state index in [-0.39, 0.29) is 23.6 Å². The fourth-order valence-corrected chi connectivity index (χ4v) is 3.77. The highest BCUT2D eigenvalue weighted by molar-refractivity contribution is 6.46. The highest BCUT2D eigenvalue weighted by Gasteiger charge is 2.46. The van der Waals surface area contributed by atoms with Crippen molar-refractivity contribution >= 4 is 23.1 Å². The zero-order chi connectivity index (χ0) is 24.8. The van der Waals surface area contributed by atoms with E-state index < -0.39 is 22.7 Å². The predicted octanol–water partition coefficient (Wildman–Crippen LogP) is 3.76. The van der Waals surface area contributed by atoms with Gasteiger partial charge in [-0.2, -0.15) is 0 Å². The number of nitro groups is 1. The van der Waals surface area contributed by atoms with Gasteiger partial charge in [0.25, 0.3) is 17.4 Å². The molecule has 1 N–H and O–H groups in total. The Bertz CT molecular complexity index is 1090. The molecule has 0 aromatic heterocycles. The van der Waals surface area contributed by atoms with E-state index in [1.165, 1.54) is 29.2 Å². The maximum absolute atomic E-state index is 13.1. The number of likely N-dealkylation sites (N-methyl/N-ethyl adjacent to an activating group) is 1. The van der Waals surface area contributed by atoms with E-state index in [1.54, 1.807) is 24.3 Å². The van der Waals surface area contributed by atoms with Crippen molar-refractivity contribution in [2.75, 3.05) is 33.8 Å². The molecule has 0 aliphatic carbocycles. The molecule has 9 nitrogen and oxygen atoms in total. The first-order chi connectivity index (χ1) is 16.2. The van der Waals surface area contributed by atoms with E-state index in [2.05, 4.69) is 6.92 Å². The summed E-state index contributed by atoms with van der Waals surface area (Å²) in [6.07, 6.45) is 1.86. The second-order valence-electron chi connectivity index (χ2n) is 8.37. The van der Waals surface area contributed by atoms with Crippen LogP contribution in [0.25, 0.3) is 5.76 Å². The Balaban J connectivity index is 2.07. The summed E-state index contributed by atoms with van der Waals surface area (Å²) in [6, 6.07) is 11.5. The summed E-state index contributed by atoms with van der Waals surface area (Å²) < 4.78 is 5.72. The SMILES string of the molecule is CCCCOc1cccc(C(O)=C2C(=O)C(=O)N(CCN(C)C)C2c2ccc([N+](=O)[O-])cc2)c1. The molecule has 1 amide bonds. The number of hydrogen-bond donors (Lipinski definition) is 1. The zero-order valence-electron chi connectivity index (χ0n) is 19.6. The lowest BCUT2D eigenvalue weighted by atomic mass is 9.95. The predicted molar refractivity (Wildman–Crippen MR) is 128 cm³/mol. The van der Waals surface area contributed by atoms with Crippen molar-refractivity contribution in [2.24, 2.45) is 0 Å². The van der Waals surface area contributed by atoms with Crippen LogP contribution in [-0.4, -0.2) is 65.3 Å². The number of unbranched alkanes of at least 4 members (excludes halogenated alkanes) is 1. The number of hydrogen-bond acceptors (Lipinski definition) is 7. The summed E-state index contributed by atoms with van der Waals surface area (Å²) in [4.78, 5) is 39.9. The Hall–Kier alpha value is -3.72. The van der Waals surface area contributed by atoms with Crippen LogP contribution in [0.4, 0.5) is 5.69 Å². The molecule has 0 radical (unpaired) electrons. The van der Waals surface area contributed by atoms with Crippen LogP contribution in [0.3, 0.4) is 0 Å². The monoisotopic (exact) mass is 467 g/mol. The van der Waals surface area contributed by atoms with E-state index in [4.69, 9.17) is 4.74 Å². The fourth-order valence-electron chi connectivity index (χ4n) is 3.77. The minimum atomic E-state index is -0.870. The van der Waals surface area contributed by atoms with Gasteiger partial charge >= 0.3 is 0 Å². The third-order valence-electron chi connectivity index (χ3n) is 5.62. The van der Waals surface area contributed by atoms with Gasteiger partial charge < -0.3 is 19.6 Å². The Morgan fingerprint density at radius 1 is 1.18 bits per heavy atom. The third kappa shape index (κ3) is 5.43. The summed E-state index contributed by atoms with van der Waals surface area (Å²) in [6.45, 7) is 3.32. The molecule has 3 rings (SSSR count). The number of nitro benzene ring substituents is 1. The molecular formula is C25H29N3O6. The van der Waals surface area contributed by atoms with Crippen molar-refractivity contribution in [3.63, 3.8) is 0 Å². The highest BCUT2D eigenvalue weighted by atomic mass is 16.6. The molecule has 180 valence electrons. The third-order valence-corrected chi connectivity index (χ3v) is 5.62. The number of likely N-dealkylation sites (tertiary alicyclic amines) is 1. The molecule has 9 heteroatoms. The van der Waals surface area contributed by atoms with E-state index >= 15 is 0 Å². The largest absolute Gasteiger partial charge is 0.507 e. The molecule has 1 heterocycles. The van der Waals surface area contributed by atoms with Crippen LogP contribution in [-0.2, 0) is 9.59 Å². The van der Waals surface area contributed by atoms with Gasteiger partial charge in [0.05, 0.1) is 23.1 Å². The van der Waals surface area contributed by atoms with Gasteiger partial charge in [0.2, 0.25) is 0 Å². The Kier molecular flexibility index (Phi) is 8.01. The summed E-state index contributed by atoms with van der Waals surface area (Å²) in [5.74, 6) is -1.28. The van der Waals surface area contributed by atoms with Gasteiger partial charge in [-0.1, -0.05) is 25.5 Å². The molecule has 0 saturated carbocycles. The van der Waals surface area contributed by atoms with Gasteiger partial charge in [-0.15, -0.1) is 0 Å². The lowest BCUT2D eigenvalue weighted by molar-refractivity contribution is -0.384. The smallest absolute Gasteiger partial charge is 0.295 e. The lowest BCUT2D eigenvalue weighted by Crippen LogP contribution is -2.35. The maximum Gasteiger partial charge on any atom is 0.295 e. The van der Waals surface area contributed by atoms with E-state index in [0.717, 1.165) is 12.8 Å². The number of ketones is 1. The number of nitrogens with zero attached hydrogens (tertiary/aromatic N) is 3. The Labute approximate surface area is 198 Å². The normalized spacial score (nSPS) is 17.4. The minimum Gasteiger partial charge on any atom is -0.507 e. The molecule has 2 aromatic carbocycles. The molecule has 1 aliphatic rings. The number of rotatable bonds is 10. The number of benzene rings is 2. The van der Waals surface area contributed by atoms with Crippen LogP contribution in [0, 0.1) is 10.1 Å². The molecular weight excluding hydrogens is 438 g/mol.